The van der Waals surface area contributed by atoms with Crippen molar-refractivity contribution in [3.8, 4) is 11.4 Å². The Hall–Kier alpha value is -1.59. The maximum Gasteiger partial charge on any atom is 0.191 e. The van der Waals surface area contributed by atoms with Crippen LogP contribution in [0.4, 0.5) is 0 Å². The predicted octanol–water partition coefficient (Wildman–Crippen LogP) is 4.94. The number of hydrogen-bond acceptors (Lipinski definition) is 4. The average molecular weight is 329 g/mol. The third-order valence-corrected chi connectivity index (χ3v) is 5.41. The first-order valence-corrected chi connectivity index (χ1v) is 9.21. The fourth-order valence-corrected chi connectivity index (χ4v) is 3.93. The van der Waals surface area contributed by atoms with Crippen molar-refractivity contribution in [2.45, 2.75) is 38.2 Å². The number of thioether (sulfide) groups is 1. The molecule has 3 nitrogen and oxygen atoms in total. The lowest BCUT2D eigenvalue weighted by molar-refractivity contribution is 0.687. The van der Waals surface area contributed by atoms with Crippen LogP contribution >= 0.6 is 23.1 Å². The van der Waals surface area contributed by atoms with E-state index >= 15 is 0 Å². The maximum atomic E-state index is 4.40. The van der Waals surface area contributed by atoms with Gasteiger partial charge in [-0.25, -0.2) is 0 Å². The van der Waals surface area contributed by atoms with Crippen molar-refractivity contribution in [2.75, 3.05) is 0 Å². The highest BCUT2D eigenvalue weighted by Crippen LogP contribution is 2.28. The summed E-state index contributed by atoms with van der Waals surface area (Å²) in [6, 6.07) is 10.8. The summed E-state index contributed by atoms with van der Waals surface area (Å²) in [7, 11) is 0. The van der Waals surface area contributed by atoms with Crippen LogP contribution < -0.4 is 0 Å². The van der Waals surface area contributed by atoms with Gasteiger partial charge in [-0.2, -0.15) is 0 Å². The smallest absolute Gasteiger partial charge is 0.191 e. The Morgan fingerprint density at radius 3 is 2.55 bits per heavy atom. The Labute approximate surface area is 139 Å². The molecule has 3 rings (SSSR count). The quantitative estimate of drug-likeness (QED) is 0.621. The van der Waals surface area contributed by atoms with Gasteiger partial charge in [0.15, 0.2) is 11.0 Å². The lowest BCUT2D eigenvalue weighted by atomic mass is 10.2. The number of thiophene rings is 1. The van der Waals surface area contributed by atoms with Gasteiger partial charge in [-0.1, -0.05) is 41.6 Å². The first-order valence-electron chi connectivity index (χ1n) is 7.34. The van der Waals surface area contributed by atoms with Crippen LogP contribution in [0.15, 0.2) is 40.9 Å². The third-order valence-electron chi connectivity index (χ3n) is 3.51. The third kappa shape index (κ3) is 3.25. The van der Waals surface area contributed by atoms with E-state index in [4.69, 9.17) is 0 Å². The minimum absolute atomic E-state index is 0.882. The maximum absolute atomic E-state index is 4.40. The first kappa shape index (κ1) is 15.3. The number of aromatic nitrogens is 3. The van der Waals surface area contributed by atoms with Crippen molar-refractivity contribution in [1.82, 2.24) is 14.8 Å². The zero-order valence-corrected chi connectivity index (χ0v) is 14.7. The zero-order chi connectivity index (χ0) is 15.5. The van der Waals surface area contributed by atoms with Crippen molar-refractivity contribution < 1.29 is 0 Å². The van der Waals surface area contributed by atoms with E-state index in [2.05, 4.69) is 71.2 Å². The van der Waals surface area contributed by atoms with Crippen molar-refractivity contribution in [2.24, 2.45) is 0 Å². The molecule has 0 bridgehead atoms. The summed E-state index contributed by atoms with van der Waals surface area (Å²) in [4.78, 5) is 1.30. The molecule has 0 saturated carbocycles. The molecule has 0 unspecified atom stereocenters. The van der Waals surface area contributed by atoms with Crippen molar-refractivity contribution in [3.05, 3.63) is 51.7 Å². The molecular formula is C17H19N3S2. The minimum atomic E-state index is 0.882. The summed E-state index contributed by atoms with van der Waals surface area (Å²) in [6.07, 6.45) is 0. The highest BCUT2D eigenvalue weighted by atomic mass is 32.2. The molecule has 0 saturated heterocycles. The Kier molecular flexibility index (Phi) is 4.64. The number of hydrogen-bond donors (Lipinski definition) is 0. The molecule has 0 N–H and O–H groups in total. The lowest BCUT2D eigenvalue weighted by Gasteiger charge is -2.06. The largest absolute Gasteiger partial charge is 0.302 e. The fourth-order valence-electron chi connectivity index (χ4n) is 2.29. The van der Waals surface area contributed by atoms with Gasteiger partial charge >= 0.3 is 0 Å². The van der Waals surface area contributed by atoms with Crippen LogP contribution in [-0.4, -0.2) is 14.8 Å². The van der Waals surface area contributed by atoms with E-state index in [0.717, 1.165) is 23.3 Å². The summed E-state index contributed by atoms with van der Waals surface area (Å²) >= 11 is 3.50. The van der Waals surface area contributed by atoms with Crippen molar-refractivity contribution >= 4 is 23.1 Å². The minimum Gasteiger partial charge on any atom is -0.302 e. The van der Waals surface area contributed by atoms with Crippen LogP contribution in [0.25, 0.3) is 11.4 Å². The van der Waals surface area contributed by atoms with E-state index in [1.807, 2.05) is 0 Å². The van der Waals surface area contributed by atoms with Gasteiger partial charge < -0.3 is 4.57 Å². The van der Waals surface area contributed by atoms with Gasteiger partial charge in [-0.05, 0) is 32.4 Å². The van der Waals surface area contributed by atoms with Crippen LogP contribution in [0.3, 0.4) is 0 Å². The van der Waals surface area contributed by atoms with Crippen molar-refractivity contribution in [1.29, 1.82) is 0 Å². The van der Waals surface area contributed by atoms with Gasteiger partial charge in [-0.15, -0.1) is 21.5 Å². The normalized spacial score (nSPS) is 11.0. The molecule has 0 spiro atoms. The van der Waals surface area contributed by atoms with E-state index < -0.39 is 0 Å². The van der Waals surface area contributed by atoms with Crippen molar-refractivity contribution in [3.63, 3.8) is 0 Å². The van der Waals surface area contributed by atoms with E-state index in [-0.39, 0.29) is 0 Å². The fraction of sp³-hybridized carbons (Fsp3) is 0.294. The summed E-state index contributed by atoms with van der Waals surface area (Å²) in [6.45, 7) is 7.25. The van der Waals surface area contributed by atoms with Crippen LogP contribution in [0.1, 0.15) is 22.9 Å². The number of nitrogens with zero attached hydrogens (tertiary/aromatic N) is 3. The molecular weight excluding hydrogens is 310 g/mol. The molecule has 0 atom stereocenters. The highest BCUT2D eigenvalue weighted by molar-refractivity contribution is 7.98. The molecule has 3 aromatic rings. The average Bonchev–Trinajstić information content (AvgIpc) is 3.12. The molecule has 2 aromatic heterocycles. The van der Waals surface area contributed by atoms with Gasteiger partial charge in [0.1, 0.15) is 0 Å². The van der Waals surface area contributed by atoms with Gasteiger partial charge in [0.2, 0.25) is 0 Å². The summed E-state index contributed by atoms with van der Waals surface area (Å²) < 4.78 is 2.19. The van der Waals surface area contributed by atoms with Crippen LogP contribution in [0, 0.1) is 13.8 Å². The van der Waals surface area contributed by atoms with Gasteiger partial charge in [0.25, 0.3) is 0 Å². The van der Waals surface area contributed by atoms with Gasteiger partial charge in [0, 0.05) is 28.1 Å². The second-order valence-corrected chi connectivity index (χ2v) is 7.33. The lowest BCUT2D eigenvalue weighted by Crippen LogP contribution is -1.99. The Morgan fingerprint density at radius 1 is 1.14 bits per heavy atom. The summed E-state index contributed by atoms with van der Waals surface area (Å²) in [5, 5.41) is 11.9. The van der Waals surface area contributed by atoms with Gasteiger partial charge in [0.05, 0.1) is 0 Å². The molecule has 0 fully saturated rings. The van der Waals surface area contributed by atoms with Gasteiger partial charge in [-0.3, -0.25) is 0 Å². The van der Waals surface area contributed by atoms with E-state index in [0.29, 0.717) is 0 Å². The SMILES string of the molecule is CCn1c(SCc2ccc(C)cc2)nnc1-c1csc(C)c1. The Morgan fingerprint density at radius 2 is 1.91 bits per heavy atom. The van der Waals surface area contributed by atoms with Crippen LogP contribution in [0.2, 0.25) is 0 Å². The number of benzene rings is 1. The predicted molar refractivity (Wildman–Crippen MR) is 94.5 cm³/mol. The molecule has 5 heteroatoms. The number of rotatable bonds is 5. The van der Waals surface area contributed by atoms with E-state index in [1.54, 1.807) is 23.1 Å². The summed E-state index contributed by atoms with van der Waals surface area (Å²) in [5.41, 5.74) is 3.77. The molecule has 22 heavy (non-hydrogen) atoms. The Bertz CT molecular complexity index is 757. The standard InChI is InChI=1S/C17H19N3S2/c1-4-20-16(15-9-13(3)21-11-15)18-19-17(20)22-10-14-7-5-12(2)6-8-14/h5-9,11H,4,10H2,1-3H3. The molecule has 0 aliphatic heterocycles. The molecule has 0 aliphatic carbocycles. The molecule has 0 aliphatic rings. The highest BCUT2D eigenvalue weighted by Gasteiger charge is 2.14. The first-order chi connectivity index (χ1) is 10.7. The van der Waals surface area contributed by atoms with E-state index in [9.17, 15) is 0 Å². The Balaban J connectivity index is 1.79. The molecule has 2 heterocycles. The molecule has 0 radical (unpaired) electrons. The van der Waals surface area contributed by atoms with E-state index in [1.165, 1.54) is 21.6 Å². The van der Waals surface area contributed by atoms with Crippen LogP contribution in [-0.2, 0) is 12.3 Å². The molecule has 0 amide bonds. The topological polar surface area (TPSA) is 30.7 Å². The second kappa shape index (κ2) is 6.67. The monoisotopic (exact) mass is 329 g/mol. The second-order valence-electron chi connectivity index (χ2n) is 5.27. The molecule has 114 valence electrons. The molecule has 1 aromatic carbocycles. The summed E-state index contributed by atoms with van der Waals surface area (Å²) in [5.74, 6) is 1.89. The number of aryl methyl sites for hydroxylation is 2. The van der Waals surface area contributed by atoms with Crippen LogP contribution in [0.5, 0.6) is 0 Å². The zero-order valence-electron chi connectivity index (χ0n) is 13.0.